The van der Waals surface area contributed by atoms with Crippen LogP contribution in [0.3, 0.4) is 0 Å². The summed E-state index contributed by atoms with van der Waals surface area (Å²) in [5.41, 5.74) is 0.524. The number of hydrogen-bond donors (Lipinski definition) is 2. The Bertz CT molecular complexity index is 921. The lowest BCUT2D eigenvalue weighted by Crippen LogP contribution is -2.17. The molecule has 0 saturated carbocycles. The fourth-order valence-electron chi connectivity index (χ4n) is 2.29. The van der Waals surface area contributed by atoms with Crippen molar-refractivity contribution in [3.63, 3.8) is 0 Å². The lowest BCUT2D eigenvalue weighted by atomic mass is 10.1. The van der Waals surface area contributed by atoms with E-state index < -0.39 is 16.7 Å². The van der Waals surface area contributed by atoms with Crippen molar-refractivity contribution in [3.8, 4) is 0 Å². The van der Waals surface area contributed by atoms with E-state index in [2.05, 4.69) is 20.6 Å². The van der Waals surface area contributed by atoms with Crippen LogP contribution in [0.25, 0.3) is 0 Å². The van der Waals surface area contributed by atoms with E-state index in [-0.39, 0.29) is 16.8 Å². The SMILES string of the molecule is O=C(Nc1cccnc1)c1cc(C(=O)Nc2ccc[nH+]c2)cc([N+](=O)[O-])c1. The molecule has 3 rings (SSSR count). The van der Waals surface area contributed by atoms with Crippen molar-refractivity contribution in [3.05, 3.63) is 88.5 Å². The summed E-state index contributed by atoms with van der Waals surface area (Å²) in [7, 11) is 0. The maximum Gasteiger partial charge on any atom is 0.271 e. The highest BCUT2D eigenvalue weighted by molar-refractivity contribution is 6.09. The summed E-state index contributed by atoms with van der Waals surface area (Å²) in [4.78, 5) is 42.1. The number of amides is 2. The maximum absolute atomic E-state index is 12.4. The Kier molecular flexibility index (Phi) is 5.12. The lowest BCUT2D eigenvalue weighted by molar-refractivity contribution is -0.384. The fourth-order valence-corrected chi connectivity index (χ4v) is 2.29. The van der Waals surface area contributed by atoms with Gasteiger partial charge in [-0.05, 0) is 24.3 Å². The first-order valence-corrected chi connectivity index (χ1v) is 7.81. The van der Waals surface area contributed by atoms with Gasteiger partial charge in [0, 0.05) is 35.5 Å². The van der Waals surface area contributed by atoms with Crippen molar-refractivity contribution in [2.75, 3.05) is 10.6 Å². The summed E-state index contributed by atoms with van der Waals surface area (Å²) in [6, 6.07) is 10.1. The molecule has 134 valence electrons. The topological polar surface area (TPSA) is 128 Å². The first-order chi connectivity index (χ1) is 13.0. The van der Waals surface area contributed by atoms with E-state index >= 15 is 0 Å². The summed E-state index contributed by atoms with van der Waals surface area (Å²) in [5.74, 6) is -1.16. The Balaban J connectivity index is 1.89. The van der Waals surface area contributed by atoms with Gasteiger partial charge >= 0.3 is 0 Å². The van der Waals surface area contributed by atoms with E-state index in [1.807, 2.05) is 0 Å². The van der Waals surface area contributed by atoms with Crippen LogP contribution in [0.15, 0.2) is 67.3 Å². The van der Waals surface area contributed by atoms with Gasteiger partial charge in [-0.2, -0.15) is 0 Å². The second kappa shape index (κ2) is 7.83. The number of pyridine rings is 2. The minimum Gasteiger partial charge on any atom is -0.321 e. The third-order valence-electron chi connectivity index (χ3n) is 3.54. The molecule has 0 fully saturated rings. The summed E-state index contributed by atoms with van der Waals surface area (Å²) in [5, 5.41) is 16.4. The third kappa shape index (κ3) is 4.48. The Morgan fingerprint density at radius 2 is 1.67 bits per heavy atom. The standard InChI is InChI=1S/C18H13N5O4/c24-17(21-14-3-1-5-19-10-14)12-7-13(9-16(8-12)23(26)27)18(25)22-15-4-2-6-20-11-15/h1-11H,(H,21,24)(H,22,25)/p+1. The highest BCUT2D eigenvalue weighted by Crippen LogP contribution is 2.19. The zero-order chi connectivity index (χ0) is 19.2. The molecule has 0 aliphatic heterocycles. The van der Waals surface area contributed by atoms with Crippen LogP contribution in [0, 0.1) is 10.1 Å². The normalized spacial score (nSPS) is 10.1. The van der Waals surface area contributed by atoms with Gasteiger partial charge in [0.25, 0.3) is 17.5 Å². The Labute approximate surface area is 153 Å². The number of nitro groups is 1. The molecule has 1 aromatic carbocycles. The molecule has 9 heteroatoms. The molecule has 9 nitrogen and oxygen atoms in total. The van der Waals surface area contributed by atoms with Crippen molar-refractivity contribution in [2.24, 2.45) is 0 Å². The van der Waals surface area contributed by atoms with Crippen LogP contribution in [-0.4, -0.2) is 21.7 Å². The second-order valence-corrected chi connectivity index (χ2v) is 5.47. The van der Waals surface area contributed by atoms with E-state index in [1.54, 1.807) is 42.9 Å². The monoisotopic (exact) mass is 364 g/mol. The molecule has 0 atom stereocenters. The van der Waals surface area contributed by atoms with E-state index in [4.69, 9.17) is 0 Å². The fraction of sp³-hybridized carbons (Fsp3) is 0. The van der Waals surface area contributed by atoms with Gasteiger partial charge in [-0.25, -0.2) is 4.98 Å². The zero-order valence-corrected chi connectivity index (χ0v) is 13.9. The number of non-ortho nitro benzene ring substituents is 1. The van der Waals surface area contributed by atoms with Crippen molar-refractivity contribution < 1.29 is 19.5 Å². The smallest absolute Gasteiger partial charge is 0.271 e. The predicted octanol–water partition coefficient (Wildman–Crippen LogP) is 2.31. The first-order valence-electron chi connectivity index (χ1n) is 7.81. The summed E-state index contributed by atoms with van der Waals surface area (Å²) in [6.45, 7) is 0. The Morgan fingerprint density at radius 3 is 2.22 bits per heavy atom. The molecule has 27 heavy (non-hydrogen) atoms. The Hall–Kier alpha value is -4.14. The molecule has 0 bridgehead atoms. The first kappa shape index (κ1) is 17.7. The Morgan fingerprint density at radius 1 is 1.00 bits per heavy atom. The van der Waals surface area contributed by atoms with Gasteiger partial charge < -0.3 is 10.6 Å². The predicted molar refractivity (Wildman–Crippen MR) is 96.2 cm³/mol. The van der Waals surface area contributed by atoms with Gasteiger partial charge in [-0.1, -0.05) is 0 Å². The van der Waals surface area contributed by atoms with Crippen LogP contribution in [0.2, 0.25) is 0 Å². The molecule has 0 spiro atoms. The van der Waals surface area contributed by atoms with E-state index in [0.29, 0.717) is 11.4 Å². The molecule has 0 unspecified atom stereocenters. The van der Waals surface area contributed by atoms with E-state index in [0.717, 1.165) is 12.1 Å². The number of nitrogens with zero attached hydrogens (tertiary/aromatic N) is 2. The van der Waals surface area contributed by atoms with Crippen molar-refractivity contribution in [1.82, 2.24) is 4.98 Å². The number of carbonyl (C=O) groups is 2. The van der Waals surface area contributed by atoms with Crippen LogP contribution in [-0.2, 0) is 0 Å². The molecule has 3 aromatic rings. The van der Waals surface area contributed by atoms with E-state index in [9.17, 15) is 19.7 Å². The lowest BCUT2D eigenvalue weighted by Gasteiger charge is -2.08. The molecular formula is C18H14N5O4+. The second-order valence-electron chi connectivity index (χ2n) is 5.47. The number of hydrogen-bond acceptors (Lipinski definition) is 5. The minimum atomic E-state index is -0.659. The molecule has 2 amide bonds. The number of anilines is 2. The molecule has 0 radical (unpaired) electrons. The van der Waals surface area contributed by atoms with Crippen molar-refractivity contribution >= 4 is 28.9 Å². The van der Waals surface area contributed by atoms with E-state index in [1.165, 1.54) is 12.3 Å². The quantitative estimate of drug-likeness (QED) is 0.530. The van der Waals surface area contributed by atoms with Gasteiger partial charge in [-0.3, -0.25) is 24.7 Å². The summed E-state index contributed by atoms with van der Waals surface area (Å²) < 4.78 is 0. The van der Waals surface area contributed by atoms with Crippen LogP contribution >= 0.6 is 0 Å². The number of nitro benzene ring substituents is 1. The number of carbonyl (C=O) groups excluding carboxylic acids is 2. The van der Waals surface area contributed by atoms with Crippen LogP contribution in [0.1, 0.15) is 20.7 Å². The number of nitrogens with one attached hydrogen (secondary N) is 3. The highest BCUT2D eigenvalue weighted by atomic mass is 16.6. The molecule has 2 aromatic heterocycles. The van der Waals surface area contributed by atoms with Gasteiger partial charge in [0.15, 0.2) is 12.4 Å². The molecule has 0 saturated heterocycles. The maximum atomic E-state index is 12.4. The number of aromatic amines is 1. The highest BCUT2D eigenvalue weighted by Gasteiger charge is 2.18. The van der Waals surface area contributed by atoms with Crippen LogP contribution in [0.5, 0.6) is 0 Å². The number of rotatable bonds is 5. The number of aromatic nitrogens is 2. The van der Waals surface area contributed by atoms with Crippen LogP contribution in [0.4, 0.5) is 17.1 Å². The molecule has 0 aliphatic carbocycles. The molecule has 0 aliphatic rings. The molecule has 3 N–H and O–H groups in total. The van der Waals surface area contributed by atoms with Crippen molar-refractivity contribution in [2.45, 2.75) is 0 Å². The average molecular weight is 364 g/mol. The average Bonchev–Trinajstić information content (AvgIpc) is 2.69. The summed E-state index contributed by atoms with van der Waals surface area (Å²) >= 11 is 0. The van der Waals surface area contributed by atoms with Gasteiger partial charge in [0.2, 0.25) is 0 Å². The van der Waals surface area contributed by atoms with Crippen LogP contribution < -0.4 is 15.6 Å². The van der Waals surface area contributed by atoms with Gasteiger partial charge in [0.05, 0.1) is 16.8 Å². The largest absolute Gasteiger partial charge is 0.321 e. The van der Waals surface area contributed by atoms with Crippen molar-refractivity contribution in [1.29, 1.82) is 0 Å². The number of benzene rings is 1. The van der Waals surface area contributed by atoms with Gasteiger partial charge in [-0.15, -0.1) is 0 Å². The molecule has 2 heterocycles. The third-order valence-corrected chi connectivity index (χ3v) is 3.54. The zero-order valence-electron chi connectivity index (χ0n) is 13.9. The number of H-pyrrole nitrogens is 1. The molecular weight excluding hydrogens is 350 g/mol. The van der Waals surface area contributed by atoms with Gasteiger partial charge in [0.1, 0.15) is 5.69 Å². The summed E-state index contributed by atoms with van der Waals surface area (Å²) in [6.07, 6.45) is 6.22. The minimum absolute atomic E-state index is 0.00982.